The standard InChI is InChI=1S/C6HF3N2O2S/c7-6(8,9)4-2(1-10)3(5(12)13)14-11-4/h(H,12,13). The van der Waals surface area contributed by atoms with Gasteiger partial charge in [-0.2, -0.15) is 22.8 Å². The van der Waals surface area contributed by atoms with E-state index < -0.39 is 28.3 Å². The molecule has 0 atom stereocenters. The number of rotatable bonds is 1. The highest BCUT2D eigenvalue weighted by atomic mass is 32.1. The van der Waals surface area contributed by atoms with Crippen LogP contribution in [0.2, 0.25) is 0 Å². The van der Waals surface area contributed by atoms with E-state index in [1.54, 1.807) is 0 Å². The third-order valence-corrected chi connectivity index (χ3v) is 2.10. The molecular formula is C6HF3N2O2S. The largest absolute Gasteiger partial charge is 0.477 e. The van der Waals surface area contributed by atoms with Crippen molar-refractivity contribution in [2.75, 3.05) is 0 Å². The van der Waals surface area contributed by atoms with Gasteiger partial charge in [0.05, 0.1) is 0 Å². The third-order valence-electron chi connectivity index (χ3n) is 1.27. The van der Waals surface area contributed by atoms with Crippen LogP contribution in [0.25, 0.3) is 0 Å². The molecule has 0 radical (unpaired) electrons. The number of carbonyl (C=O) groups is 1. The fraction of sp³-hybridized carbons (Fsp3) is 0.167. The maximum Gasteiger partial charge on any atom is 0.435 e. The van der Waals surface area contributed by atoms with E-state index in [9.17, 15) is 18.0 Å². The summed E-state index contributed by atoms with van der Waals surface area (Å²) in [6, 6.07) is 1.18. The van der Waals surface area contributed by atoms with Crippen LogP contribution in [0.1, 0.15) is 20.9 Å². The molecule has 0 fully saturated rings. The Labute approximate surface area is 79.4 Å². The van der Waals surface area contributed by atoms with Crippen LogP contribution in [0.15, 0.2) is 0 Å². The minimum Gasteiger partial charge on any atom is -0.477 e. The van der Waals surface area contributed by atoms with Crippen LogP contribution in [-0.2, 0) is 6.18 Å². The molecule has 0 bridgehead atoms. The number of nitrogens with zero attached hydrogens (tertiary/aromatic N) is 2. The smallest absolute Gasteiger partial charge is 0.435 e. The molecule has 0 aliphatic rings. The number of alkyl halides is 3. The van der Waals surface area contributed by atoms with E-state index >= 15 is 0 Å². The molecule has 0 amide bonds. The normalized spacial score (nSPS) is 11.0. The Hall–Kier alpha value is -1.62. The molecule has 0 aliphatic carbocycles. The lowest BCUT2D eigenvalue weighted by atomic mass is 10.2. The Kier molecular flexibility index (Phi) is 2.44. The summed E-state index contributed by atoms with van der Waals surface area (Å²) in [5.41, 5.74) is -2.38. The fourth-order valence-corrected chi connectivity index (χ4v) is 1.42. The zero-order valence-electron chi connectivity index (χ0n) is 6.29. The SMILES string of the molecule is N#Cc1c(C(F)(F)F)nsc1C(=O)O. The van der Waals surface area contributed by atoms with Gasteiger partial charge in [0, 0.05) is 0 Å². The average Bonchev–Trinajstić information content (AvgIpc) is 2.45. The highest BCUT2D eigenvalue weighted by molar-refractivity contribution is 7.08. The van der Waals surface area contributed by atoms with Crippen LogP contribution < -0.4 is 0 Å². The van der Waals surface area contributed by atoms with Crippen LogP contribution in [0.4, 0.5) is 13.2 Å². The first kappa shape index (κ1) is 10.5. The van der Waals surface area contributed by atoms with Crippen molar-refractivity contribution in [2.24, 2.45) is 0 Å². The average molecular weight is 222 g/mol. The van der Waals surface area contributed by atoms with Gasteiger partial charge in [-0.25, -0.2) is 4.79 Å². The van der Waals surface area contributed by atoms with Gasteiger partial charge in [-0.3, -0.25) is 0 Å². The second-order valence-corrected chi connectivity index (χ2v) is 2.92. The molecule has 74 valence electrons. The highest BCUT2D eigenvalue weighted by Crippen LogP contribution is 2.33. The quantitative estimate of drug-likeness (QED) is 0.785. The number of carboxylic acid groups (broad SMARTS) is 1. The van der Waals surface area contributed by atoms with Gasteiger partial charge in [-0.1, -0.05) is 0 Å². The van der Waals surface area contributed by atoms with Gasteiger partial charge < -0.3 is 5.11 Å². The van der Waals surface area contributed by atoms with Crippen molar-refractivity contribution in [3.8, 4) is 6.07 Å². The van der Waals surface area contributed by atoms with Gasteiger partial charge in [-0.05, 0) is 11.5 Å². The molecule has 0 unspecified atom stereocenters. The summed E-state index contributed by atoms with van der Waals surface area (Å²) in [7, 11) is 0. The van der Waals surface area contributed by atoms with Crippen molar-refractivity contribution in [1.82, 2.24) is 4.37 Å². The van der Waals surface area contributed by atoms with E-state index in [4.69, 9.17) is 10.4 Å². The zero-order chi connectivity index (χ0) is 10.9. The van der Waals surface area contributed by atoms with E-state index in [-0.39, 0.29) is 11.5 Å². The summed E-state index contributed by atoms with van der Waals surface area (Å²) in [6.07, 6.45) is -4.80. The Balaban J connectivity index is 3.37. The molecule has 14 heavy (non-hydrogen) atoms. The van der Waals surface area contributed by atoms with Gasteiger partial charge in [0.25, 0.3) is 0 Å². The number of hydrogen-bond donors (Lipinski definition) is 1. The van der Waals surface area contributed by atoms with E-state index in [1.165, 1.54) is 6.07 Å². The van der Waals surface area contributed by atoms with Crippen LogP contribution in [0.5, 0.6) is 0 Å². The summed E-state index contributed by atoms with van der Waals surface area (Å²) in [6.45, 7) is 0. The van der Waals surface area contributed by atoms with Gasteiger partial charge >= 0.3 is 12.1 Å². The predicted octanol–water partition coefficient (Wildman–Crippen LogP) is 1.73. The van der Waals surface area contributed by atoms with E-state index in [0.29, 0.717) is 0 Å². The second-order valence-electron chi connectivity index (χ2n) is 2.15. The van der Waals surface area contributed by atoms with Crippen LogP contribution >= 0.6 is 11.5 Å². The van der Waals surface area contributed by atoms with Crippen LogP contribution in [-0.4, -0.2) is 15.4 Å². The van der Waals surface area contributed by atoms with Crippen molar-refractivity contribution >= 4 is 17.5 Å². The molecule has 0 aromatic carbocycles. The predicted molar refractivity (Wildman–Crippen MR) is 38.8 cm³/mol. The molecule has 1 aromatic heterocycles. The van der Waals surface area contributed by atoms with Crippen molar-refractivity contribution in [1.29, 1.82) is 5.26 Å². The molecule has 1 aromatic rings. The molecule has 1 N–H and O–H groups in total. The Bertz CT molecular complexity index is 418. The minimum atomic E-state index is -4.80. The number of halogens is 3. The van der Waals surface area contributed by atoms with Gasteiger partial charge in [0.15, 0.2) is 10.6 Å². The summed E-state index contributed by atoms with van der Waals surface area (Å²) in [4.78, 5) is 9.68. The zero-order valence-corrected chi connectivity index (χ0v) is 7.11. The molecule has 8 heteroatoms. The van der Waals surface area contributed by atoms with E-state index in [2.05, 4.69) is 4.37 Å². The molecule has 0 saturated heterocycles. The molecule has 1 heterocycles. The third kappa shape index (κ3) is 1.67. The minimum absolute atomic E-state index is 0.144. The molecule has 4 nitrogen and oxygen atoms in total. The lowest BCUT2D eigenvalue weighted by Gasteiger charge is -2.00. The van der Waals surface area contributed by atoms with Crippen molar-refractivity contribution in [3.63, 3.8) is 0 Å². The maximum atomic E-state index is 12.1. The monoisotopic (exact) mass is 222 g/mol. The van der Waals surface area contributed by atoms with E-state index in [1.807, 2.05) is 0 Å². The molecule has 0 aliphatic heterocycles. The first-order valence-electron chi connectivity index (χ1n) is 3.08. The Morgan fingerprint density at radius 3 is 2.50 bits per heavy atom. The number of nitriles is 1. The molecule has 0 saturated carbocycles. The van der Waals surface area contributed by atoms with Crippen molar-refractivity contribution in [3.05, 3.63) is 16.1 Å². The number of carboxylic acids is 1. The number of aromatic carboxylic acids is 1. The molecular weight excluding hydrogens is 221 g/mol. The maximum absolute atomic E-state index is 12.1. The van der Waals surface area contributed by atoms with Crippen molar-refractivity contribution in [2.45, 2.75) is 6.18 Å². The number of hydrogen-bond acceptors (Lipinski definition) is 4. The van der Waals surface area contributed by atoms with Gasteiger partial charge in [0.1, 0.15) is 11.6 Å². The van der Waals surface area contributed by atoms with Crippen LogP contribution in [0.3, 0.4) is 0 Å². The molecule has 0 spiro atoms. The first-order valence-corrected chi connectivity index (χ1v) is 3.85. The summed E-state index contributed by atoms with van der Waals surface area (Å²) >= 11 is 0.144. The number of aromatic nitrogens is 1. The Morgan fingerprint density at radius 1 is 1.57 bits per heavy atom. The molecule has 1 rings (SSSR count). The summed E-state index contributed by atoms with van der Waals surface area (Å²) in [5.74, 6) is -1.59. The lowest BCUT2D eigenvalue weighted by Crippen LogP contribution is -2.08. The highest BCUT2D eigenvalue weighted by Gasteiger charge is 2.39. The lowest BCUT2D eigenvalue weighted by molar-refractivity contribution is -0.140. The van der Waals surface area contributed by atoms with Crippen molar-refractivity contribution < 1.29 is 23.1 Å². The van der Waals surface area contributed by atoms with E-state index in [0.717, 1.165) is 0 Å². The second kappa shape index (κ2) is 3.26. The summed E-state index contributed by atoms with van der Waals surface area (Å²) in [5, 5.41) is 16.8. The van der Waals surface area contributed by atoms with Gasteiger partial charge in [-0.15, -0.1) is 0 Å². The van der Waals surface area contributed by atoms with Gasteiger partial charge in [0.2, 0.25) is 0 Å². The summed E-state index contributed by atoms with van der Waals surface area (Å²) < 4.78 is 39.2. The first-order chi connectivity index (χ1) is 6.38. The fourth-order valence-electron chi connectivity index (χ4n) is 0.733. The Morgan fingerprint density at radius 2 is 2.14 bits per heavy atom. The topological polar surface area (TPSA) is 74.0 Å². The van der Waals surface area contributed by atoms with Crippen LogP contribution in [0, 0.1) is 11.3 Å².